The van der Waals surface area contributed by atoms with Gasteiger partial charge in [0, 0.05) is 17.0 Å². The minimum Gasteiger partial charge on any atom is -0.298 e. The van der Waals surface area contributed by atoms with E-state index in [1.54, 1.807) is 12.1 Å². The molecule has 1 aliphatic rings. The van der Waals surface area contributed by atoms with Crippen LogP contribution < -0.4 is 0 Å². The first-order chi connectivity index (χ1) is 11.8. The molecule has 0 aliphatic heterocycles. The molecule has 1 heterocycles. The number of halogens is 1. The van der Waals surface area contributed by atoms with Gasteiger partial charge in [-0.05, 0) is 42.2 Å². The van der Waals surface area contributed by atoms with E-state index in [0.717, 1.165) is 47.2 Å². The van der Waals surface area contributed by atoms with E-state index in [0.29, 0.717) is 11.5 Å². The number of pyridine rings is 1. The van der Waals surface area contributed by atoms with Crippen LogP contribution in [0.2, 0.25) is 0 Å². The minimum absolute atomic E-state index is 0.286. The van der Waals surface area contributed by atoms with E-state index in [1.807, 2.05) is 36.4 Å². The molecule has 118 valence electrons. The van der Waals surface area contributed by atoms with Crippen LogP contribution in [0.25, 0.3) is 22.4 Å². The maximum absolute atomic E-state index is 13.3. The van der Waals surface area contributed by atoms with E-state index >= 15 is 0 Å². The van der Waals surface area contributed by atoms with Crippen molar-refractivity contribution in [1.29, 1.82) is 0 Å². The number of aldehydes is 1. The molecule has 4 rings (SSSR count). The SMILES string of the molecule is O=Cc1c(-c2ccc(F)cc2)cc(-c2ccccc2)nc1C1CC1. The third-order valence-corrected chi connectivity index (χ3v) is 4.39. The number of hydrogen-bond donors (Lipinski definition) is 0. The topological polar surface area (TPSA) is 30.0 Å². The summed E-state index contributed by atoms with van der Waals surface area (Å²) in [5, 5.41) is 0. The van der Waals surface area contributed by atoms with Crippen molar-refractivity contribution >= 4 is 6.29 Å². The van der Waals surface area contributed by atoms with Crippen molar-refractivity contribution in [2.24, 2.45) is 0 Å². The first-order valence-electron chi connectivity index (χ1n) is 8.08. The van der Waals surface area contributed by atoms with Crippen molar-refractivity contribution in [3.05, 3.63) is 77.7 Å². The van der Waals surface area contributed by atoms with Gasteiger partial charge in [-0.3, -0.25) is 9.78 Å². The summed E-state index contributed by atoms with van der Waals surface area (Å²) in [4.78, 5) is 16.5. The van der Waals surface area contributed by atoms with E-state index in [-0.39, 0.29) is 5.82 Å². The van der Waals surface area contributed by atoms with Crippen LogP contribution in [0.15, 0.2) is 60.7 Å². The Morgan fingerprint density at radius 2 is 1.67 bits per heavy atom. The second-order valence-corrected chi connectivity index (χ2v) is 6.12. The number of nitrogens with zero attached hydrogens (tertiary/aromatic N) is 1. The molecule has 0 bridgehead atoms. The highest BCUT2D eigenvalue weighted by atomic mass is 19.1. The lowest BCUT2D eigenvalue weighted by atomic mass is 9.95. The van der Waals surface area contributed by atoms with Gasteiger partial charge in [0.1, 0.15) is 5.82 Å². The van der Waals surface area contributed by atoms with Crippen molar-refractivity contribution in [2.75, 3.05) is 0 Å². The fourth-order valence-corrected chi connectivity index (χ4v) is 2.99. The monoisotopic (exact) mass is 317 g/mol. The molecular weight excluding hydrogens is 301 g/mol. The summed E-state index contributed by atoms with van der Waals surface area (Å²) in [6.45, 7) is 0. The summed E-state index contributed by atoms with van der Waals surface area (Å²) in [5.41, 5.74) is 5.01. The molecule has 1 saturated carbocycles. The zero-order valence-corrected chi connectivity index (χ0v) is 13.1. The maximum Gasteiger partial charge on any atom is 0.152 e. The van der Waals surface area contributed by atoms with Gasteiger partial charge in [0.25, 0.3) is 0 Å². The number of carbonyl (C=O) groups excluding carboxylic acids is 1. The molecule has 0 saturated heterocycles. The van der Waals surface area contributed by atoms with Crippen molar-refractivity contribution in [2.45, 2.75) is 18.8 Å². The molecule has 0 spiro atoms. The Morgan fingerprint density at radius 1 is 0.958 bits per heavy atom. The molecule has 2 aromatic carbocycles. The van der Waals surface area contributed by atoms with E-state index < -0.39 is 0 Å². The first kappa shape index (κ1) is 14.8. The fourth-order valence-electron chi connectivity index (χ4n) is 2.99. The molecule has 1 aromatic heterocycles. The van der Waals surface area contributed by atoms with Gasteiger partial charge >= 0.3 is 0 Å². The molecule has 0 unspecified atom stereocenters. The van der Waals surface area contributed by atoms with Gasteiger partial charge in [-0.2, -0.15) is 0 Å². The molecular formula is C21H16FNO. The molecule has 0 radical (unpaired) electrons. The molecule has 2 nitrogen and oxygen atoms in total. The fraction of sp³-hybridized carbons (Fsp3) is 0.143. The second kappa shape index (κ2) is 6.00. The van der Waals surface area contributed by atoms with Crippen LogP contribution in [0.4, 0.5) is 4.39 Å². The first-order valence-corrected chi connectivity index (χ1v) is 8.08. The van der Waals surface area contributed by atoms with Gasteiger partial charge < -0.3 is 0 Å². The van der Waals surface area contributed by atoms with Crippen LogP contribution in [-0.4, -0.2) is 11.3 Å². The normalized spacial score (nSPS) is 13.7. The average molecular weight is 317 g/mol. The van der Waals surface area contributed by atoms with Gasteiger partial charge in [0.05, 0.1) is 11.4 Å². The van der Waals surface area contributed by atoms with Gasteiger partial charge in [-0.15, -0.1) is 0 Å². The summed E-state index contributed by atoms with van der Waals surface area (Å²) in [7, 11) is 0. The summed E-state index contributed by atoms with van der Waals surface area (Å²) >= 11 is 0. The summed E-state index contributed by atoms with van der Waals surface area (Å²) < 4.78 is 13.3. The van der Waals surface area contributed by atoms with E-state index in [1.165, 1.54) is 12.1 Å². The largest absolute Gasteiger partial charge is 0.298 e. The number of hydrogen-bond acceptors (Lipinski definition) is 2. The lowest BCUT2D eigenvalue weighted by molar-refractivity contribution is 0.112. The average Bonchev–Trinajstić information content (AvgIpc) is 3.47. The molecule has 3 heteroatoms. The Balaban J connectivity index is 1.94. The van der Waals surface area contributed by atoms with E-state index in [9.17, 15) is 9.18 Å². The smallest absolute Gasteiger partial charge is 0.152 e. The number of rotatable bonds is 4. The Labute approximate surface area is 140 Å². The zero-order valence-electron chi connectivity index (χ0n) is 13.1. The standard InChI is InChI=1S/C21H16FNO/c22-17-10-8-14(9-11-17)18-12-20(15-4-2-1-3-5-15)23-21(16-6-7-16)19(18)13-24/h1-5,8-13,16H,6-7H2. The summed E-state index contributed by atoms with van der Waals surface area (Å²) in [6.07, 6.45) is 3.01. The maximum atomic E-state index is 13.3. The van der Waals surface area contributed by atoms with E-state index in [2.05, 4.69) is 0 Å². The molecule has 1 fully saturated rings. The van der Waals surface area contributed by atoms with Crippen LogP contribution in [0.5, 0.6) is 0 Å². The highest BCUT2D eigenvalue weighted by Gasteiger charge is 2.29. The van der Waals surface area contributed by atoms with Gasteiger partial charge in [0.2, 0.25) is 0 Å². The van der Waals surface area contributed by atoms with Crippen LogP contribution >= 0.6 is 0 Å². The highest BCUT2D eigenvalue weighted by molar-refractivity contribution is 5.91. The lowest BCUT2D eigenvalue weighted by Crippen LogP contribution is -2.01. The molecule has 3 aromatic rings. The van der Waals surface area contributed by atoms with Crippen molar-refractivity contribution in [1.82, 2.24) is 4.98 Å². The van der Waals surface area contributed by atoms with Crippen LogP contribution in [0.3, 0.4) is 0 Å². The van der Waals surface area contributed by atoms with Crippen molar-refractivity contribution in [3.63, 3.8) is 0 Å². The predicted molar refractivity (Wildman–Crippen MR) is 92.4 cm³/mol. The number of carbonyl (C=O) groups is 1. The molecule has 0 amide bonds. The van der Waals surface area contributed by atoms with Crippen LogP contribution in [0.1, 0.15) is 34.8 Å². The van der Waals surface area contributed by atoms with Crippen LogP contribution in [-0.2, 0) is 0 Å². The molecule has 24 heavy (non-hydrogen) atoms. The Kier molecular flexibility index (Phi) is 3.69. The minimum atomic E-state index is -0.286. The van der Waals surface area contributed by atoms with Gasteiger partial charge in [0.15, 0.2) is 6.29 Å². The van der Waals surface area contributed by atoms with Crippen molar-refractivity contribution in [3.8, 4) is 22.4 Å². The Morgan fingerprint density at radius 3 is 2.29 bits per heavy atom. The van der Waals surface area contributed by atoms with Crippen molar-refractivity contribution < 1.29 is 9.18 Å². The highest BCUT2D eigenvalue weighted by Crippen LogP contribution is 2.43. The summed E-state index contributed by atoms with van der Waals surface area (Å²) in [5.74, 6) is 0.0687. The van der Waals surface area contributed by atoms with E-state index in [4.69, 9.17) is 4.98 Å². The molecule has 0 atom stereocenters. The van der Waals surface area contributed by atoms with Gasteiger partial charge in [-0.1, -0.05) is 42.5 Å². The molecule has 1 aliphatic carbocycles. The Hall–Kier alpha value is -2.81. The third kappa shape index (κ3) is 2.73. The summed E-state index contributed by atoms with van der Waals surface area (Å²) in [6, 6.07) is 18.1. The quantitative estimate of drug-likeness (QED) is 0.616. The van der Waals surface area contributed by atoms with Crippen LogP contribution in [0, 0.1) is 5.82 Å². The second-order valence-electron chi connectivity index (χ2n) is 6.12. The predicted octanol–water partition coefficient (Wildman–Crippen LogP) is 5.24. The number of benzene rings is 2. The van der Waals surface area contributed by atoms with Gasteiger partial charge in [-0.25, -0.2) is 4.39 Å². The lowest BCUT2D eigenvalue weighted by Gasteiger charge is -2.13. The molecule has 0 N–H and O–H groups in total. The zero-order chi connectivity index (χ0) is 16.5. The Bertz CT molecular complexity index is 884. The number of aromatic nitrogens is 1. The third-order valence-electron chi connectivity index (χ3n) is 4.39.